The van der Waals surface area contributed by atoms with Gasteiger partial charge in [0.2, 0.25) is 0 Å². The summed E-state index contributed by atoms with van der Waals surface area (Å²) in [5.41, 5.74) is 0. The summed E-state index contributed by atoms with van der Waals surface area (Å²) in [6.45, 7) is 0.501. The van der Waals surface area contributed by atoms with E-state index in [-0.39, 0.29) is 6.42 Å². The van der Waals surface area contributed by atoms with Crippen LogP contribution in [0.3, 0.4) is 0 Å². The normalized spacial score (nSPS) is 51.5. The number of aliphatic hydroxyl groups excluding tert-OH is 8. The second-order valence-corrected chi connectivity index (χ2v) is 8.45. The van der Waals surface area contributed by atoms with Crippen molar-refractivity contribution in [3.8, 4) is 0 Å². The maximum atomic E-state index is 10.4. The molecule has 0 aromatic rings. The molecule has 3 rings (SSSR count). The Morgan fingerprint density at radius 1 is 0.758 bits per heavy atom. The van der Waals surface area contributed by atoms with Gasteiger partial charge in [-0.2, -0.15) is 0 Å². The van der Waals surface area contributed by atoms with E-state index < -0.39 is 99.2 Å². The van der Waals surface area contributed by atoms with Crippen molar-refractivity contribution in [2.24, 2.45) is 0 Å². The van der Waals surface area contributed by atoms with Gasteiger partial charge in [-0.05, 0) is 6.92 Å². The topological polar surface area (TPSA) is 217 Å². The van der Waals surface area contributed by atoms with Gasteiger partial charge >= 0.3 is 0 Å². The Balaban J connectivity index is 1.64. The molecule has 0 amide bonds. The summed E-state index contributed by atoms with van der Waals surface area (Å²) < 4.78 is 32.7. The molecular formula is C19H34O14. The van der Waals surface area contributed by atoms with Gasteiger partial charge in [0, 0.05) is 13.5 Å². The highest BCUT2D eigenvalue weighted by atomic mass is 16.7. The smallest absolute Gasteiger partial charge is 0.187 e. The van der Waals surface area contributed by atoms with E-state index in [0.717, 1.165) is 0 Å². The first-order valence-electron chi connectivity index (χ1n) is 10.7. The standard InChI is InChI=1S/C19H34O14/c1-6-17(7(28-2)3-10(21)30-6)33-19-16(27)14(25)12(23)9(32-19)5-29-18-15(26)13(24)11(22)8(4-20)31-18/h6-27H,3-5H2,1-2H3/t6-,7-,8+,9+,10?,11+,12+,13-,14-,15+,16+,17+,18+,19-/m0/s1. The first kappa shape index (κ1) is 27.0. The quantitative estimate of drug-likeness (QED) is 0.169. The summed E-state index contributed by atoms with van der Waals surface area (Å²) in [6.07, 6.45) is -18.2. The van der Waals surface area contributed by atoms with Crippen molar-refractivity contribution in [2.75, 3.05) is 20.3 Å². The third kappa shape index (κ3) is 5.82. The van der Waals surface area contributed by atoms with Crippen LogP contribution in [-0.4, -0.2) is 147 Å². The number of aliphatic hydroxyl groups is 8. The van der Waals surface area contributed by atoms with Crippen molar-refractivity contribution >= 4 is 0 Å². The zero-order valence-corrected chi connectivity index (χ0v) is 18.2. The number of hydrogen-bond acceptors (Lipinski definition) is 14. The highest BCUT2D eigenvalue weighted by Gasteiger charge is 2.49. The summed E-state index contributed by atoms with van der Waals surface area (Å²) in [5.74, 6) is 0. The monoisotopic (exact) mass is 486 g/mol. The van der Waals surface area contributed by atoms with Gasteiger partial charge < -0.3 is 69.3 Å². The van der Waals surface area contributed by atoms with Gasteiger partial charge in [0.1, 0.15) is 54.9 Å². The Kier molecular flexibility index (Phi) is 9.38. The minimum Gasteiger partial charge on any atom is -0.394 e. The zero-order valence-electron chi connectivity index (χ0n) is 18.2. The van der Waals surface area contributed by atoms with Crippen molar-refractivity contribution in [1.82, 2.24) is 0 Å². The van der Waals surface area contributed by atoms with Gasteiger partial charge in [-0.3, -0.25) is 0 Å². The van der Waals surface area contributed by atoms with E-state index in [4.69, 9.17) is 28.4 Å². The zero-order chi connectivity index (χ0) is 24.4. The van der Waals surface area contributed by atoms with E-state index in [1.54, 1.807) is 6.92 Å². The number of hydrogen-bond donors (Lipinski definition) is 8. The third-order valence-electron chi connectivity index (χ3n) is 6.17. The lowest BCUT2D eigenvalue weighted by Crippen LogP contribution is -2.63. The van der Waals surface area contributed by atoms with Crippen LogP contribution in [0.4, 0.5) is 0 Å². The second kappa shape index (κ2) is 11.5. The van der Waals surface area contributed by atoms with Crippen LogP contribution in [-0.2, 0) is 28.4 Å². The van der Waals surface area contributed by atoms with E-state index in [1.807, 2.05) is 0 Å². The molecule has 0 aromatic heterocycles. The van der Waals surface area contributed by atoms with Crippen molar-refractivity contribution in [3.63, 3.8) is 0 Å². The molecule has 1 unspecified atom stereocenters. The van der Waals surface area contributed by atoms with Crippen LogP contribution >= 0.6 is 0 Å². The lowest BCUT2D eigenvalue weighted by Gasteiger charge is -2.45. The average Bonchev–Trinajstić information content (AvgIpc) is 2.79. The van der Waals surface area contributed by atoms with Crippen molar-refractivity contribution < 1.29 is 69.3 Å². The molecular weight excluding hydrogens is 452 g/mol. The van der Waals surface area contributed by atoms with Crippen LogP contribution in [0.15, 0.2) is 0 Å². The summed E-state index contributed by atoms with van der Waals surface area (Å²) in [7, 11) is 1.42. The van der Waals surface area contributed by atoms with Crippen molar-refractivity contribution in [2.45, 2.75) is 99.4 Å². The first-order valence-corrected chi connectivity index (χ1v) is 10.7. The van der Waals surface area contributed by atoms with E-state index in [2.05, 4.69) is 0 Å². The molecule has 0 saturated carbocycles. The van der Waals surface area contributed by atoms with Gasteiger partial charge in [-0.1, -0.05) is 0 Å². The minimum atomic E-state index is -1.68. The molecule has 0 bridgehead atoms. The molecule has 3 heterocycles. The average molecular weight is 486 g/mol. The van der Waals surface area contributed by atoms with Gasteiger partial charge in [0.25, 0.3) is 0 Å². The van der Waals surface area contributed by atoms with E-state index in [0.29, 0.717) is 0 Å². The predicted molar refractivity (Wildman–Crippen MR) is 103 cm³/mol. The maximum Gasteiger partial charge on any atom is 0.187 e. The Morgan fingerprint density at radius 2 is 1.33 bits per heavy atom. The lowest BCUT2D eigenvalue weighted by atomic mass is 9.97. The number of ether oxygens (including phenoxy) is 6. The fourth-order valence-corrected chi connectivity index (χ4v) is 4.16. The molecule has 8 N–H and O–H groups in total. The fraction of sp³-hybridized carbons (Fsp3) is 1.00. The molecule has 14 atom stereocenters. The number of rotatable bonds is 7. The highest BCUT2D eigenvalue weighted by Crippen LogP contribution is 2.30. The van der Waals surface area contributed by atoms with Gasteiger partial charge in [0.15, 0.2) is 18.9 Å². The van der Waals surface area contributed by atoms with E-state index in [9.17, 15) is 40.9 Å². The molecule has 0 radical (unpaired) electrons. The molecule has 14 nitrogen and oxygen atoms in total. The Labute approximate surface area is 189 Å². The molecule has 3 fully saturated rings. The molecule has 194 valence electrons. The number of methoxy groups -OCH3 is 1. The van der Waals surface area contributed by atoms with Gasteiger partial charge in [-0.15, -0.1) is 0 Å². The van der Waals surface area contributed by atoms with Crippen LogP contribution in [0, 0.1) is 0 Å². The fourth-order valence-electron chi connectivity index (χ4n) is 4.16. The largest absolute Gasteiger partial charge is 0.394 e. The highest BCUT2D eigenvalue weighted by molar-refractivity contribution is 4.93. The van der Waals surface area contributed by atoms with E-state index in [1.165, 1.54) is 7.11 Å². The van der Waals surface area contributed by atoms with Crippen LogP contribution in [0.25, 0.3) is 0 Å². The lowest BCUT2D eigenvalue weighted by molar-refractivity contribution is -0.351. The van der Waals surface area contributed by atoms with Crippen LogP contribution in [0.5, 0.6) is 0 Å². The van der Waals surface area contributed by atoms with Crippen molar-refractivity contribution in [3.05, 3.63) is 0 Å². The Morgan fingerprint density at radius 3 is 1.94 bits per heavy atom. The molecule has 3 aliphatic rings. The van der Waals surface area contributed by atoms with E-state index >= 15 is 0 Å². The molecule has 0 aromatic carbocycles. The summed E-state index contributed by atoms with van der Waals surface area (Å²) in [5, 5.41) is 79.8. The first-order chi connectivity index (χ1) is 15.6. The van der Waals surface area contributed by atoms with Crippen LogP contribution in [0.1, 0.15) is 13.3 Å². The molecule has 3 saturated heterocycles. The minimum absolute atomic E-state index is 0.100. The molecule has 0 aliphatic carbocycles. The molecule has 0 spiro atoms. The van der Waals surface area contributed by atoms with Gasteiger partial charge in [-0.25, -0.2) is 0 Å². The van der Waals surface area contributed by atoms with Gasteiger partial charge in [0.05, 0.1) is 25.4 Å². The summed E-state index contributed by atoms with van der Waals surface area (Å²) in [4.78, 5) is 0. The second-order valence-electron chi connectivity index (χ2n) is 8.45. The maximum absolute atomic E-state index is 10.4. The Bertz CT molecular complexity index is 609. The Hall–Kier alpha value is -0.560. The predicted octanol–water partition coefficient (Wildman–Crippen LogP) is -4.86. The third-order valence-corrected chi connectivity index (χ3v) is 6.17. The van der Waals surface area contributed by atoms with Crippen LogP contribution < -0.4 is 0 Å². The SMILES string of the molecule is CO[C@H]1CC(O)O[C@@H](C)[C@H]1O[C@@H]1O[C@H](CO[C@@H]2O[C@H](CO)[C@@H](O)[C@H](O)[C@H]2O)[C@@H](O)[C@H](O)[C@H]1O. The summed E-state index contributed by atoms with van der Waals surface area (Å²) in [6, 6.07) is 0. The molecule has 33 heavy (non-hydrogen) atoms. The summed E-state index contributed by atoms with van der Waals surface area (Å²) >= 11 is 0. The molecule has 3 aliphatic heterocycles. The van der Waals surface area contributed by atoms with Crippen LogP contribution in [0.2, 0.25) is 0 Å². The molecule has 14 heteroatoms. The van der Waals surface area contributed by atoms with Crippen molar-refractivity contribution in [1.29, 1.82) is 0 Å².